The minimum Gasteiger partial charge on any atom is -0.306 e. The average molecular weight is 314 g/mol. The van der Waals surface area contributed by atoms with Gasteiger partial charge in [0.2, 0.25) is 0 Å². The van der Waals surface area contributed by atoms with Gasteiger partial charge in [-0.05, 0) is 36.2 Å². The summed E-state index contributed by atoms with van der Waals surface area (Å²) < 4.78 is 38.7. The predicted molar refractivity (Wildman–Crippen MR) is 78.2 cm³/mol. The van der Waals surface area contributed by atoms with Crippen LogP contribution in [0.3, 0.4) is 0 Å². The molecule has 0 saturated heterocycles. The first-order chi connectivity index (χ1) is 9.88. The molecule has 0 aromatic heterocycles. The Morgan fingerprint density at radius 2 is 1.81 bits per heavy atom. The van der Waals surface area contributed by atoms with Crippen LogP contribution in [0.2, 0.25) is 5.02 Å². The van der Waals surface area contributed by atoms with Crippen LogP contribution >= 0.6 is 11.6 Å². The van der Waals surface area contributed by atoms with Crippen molar-refractivity contribution in [2.45, 2.75) is 25.7 Å². The molecular weight excluding hydrogens is 299 g/mol. The largest absolute Gasteiger partial charge is 0.416 e. The van der Waals surface area contributed by atoms with Crippen LogP contribution < -0.4 is 5.32 Å². The number of nitrogens with one attached hydrogen (secondary N) is 1. The Kier molecular flexibility index (Phi) is 4.91. The van der Waals surface area contributed by atoms with Crippen LogP contribution in [0.4, 0.5) is 13.2 Å². The Morgan fingerprint density at radius 3 is 2.48 bits per heavy atom. The molecule has 0 spiro atoms. The van der Waals surface area contributed by atoms with Crippen molar-refractivity contribution in [1.29, 1.82) is 0 Å². The van der Waals surface area contributed by atoms with Crippen LogP contribution in [0.5, 0.6) is 0 Å². The van der Waals surface area contributed by atoms with Gasteiger partial charge < -0.3 is 5.32 Å². The number of hydrogen-bond donors (Lipinski definition) is 1. The summed E-state index contributed by atoms with van der Waals surface area (Å²) in [4.78, 5) is 0. The van der Waals surface area contributed by atoms with E-state index in [4.69, 9.17) is 11.6 Å². The van der Waals surface area contributed by atoms with Crippen LogP contribution in [0, 0.1) is 0 Å². The first-order valence-corrected chi connectivity index (χ1v) is 6.89. The van der Waals surface area contributed by atoms with Gasteiger partial charge in [0, 0.05) is 17.6 Å². The van der Waals surface area contributed by atoms with E-state index in [1.807, 2.05) is 19.1 Å². The smallest absolute Gasteiger partial charge is 0.306 e. The minimum atomic E-state index is -4.34. The fraction of sp³-hybridized carbons (Fsp3) is 0.250. The van der Waals surface area contributed by atoms with E-state index in [1.54, 1.807) is 18.2 Å². The maximum Gasteiger partial charge on any atom is 0.416 e. The van der Waals surface area contributed by atoms with Gasteiger partial charge in [-0.2, -0.15) is 13.2 Å². The maximum absolute atomic E-state index is 12.9. The van der Waals surface area contributed by atoms with E-state index in [1.165, 1.54) is 12.1 Å². The summed E-state index contributed by atoms with van der Waals surface area (Å²) >= 11 is 5.91. The molecule has 1 nitrogen and oxygen atoms in total. The van der Waals surface area contributed by atoms with Gasteiger partial charge in [0.15, 0.2) is 0 Å². The number of alkyl halides is 3. The summed E-state index contributed by atoms with van der Waals surface area (Å²) in [6, 6.07) is 12.8. The van der Waals surface area contributed by atoms with Crippen molar-refractivity contribution in [3.63, 3.8) is 0 Å². The zero-order valence-electron chi connectivity index (χ0n) is 11.4. The van der Waals surface area contributed by atoms with Gasteiger partial charge in [0.1, 0.15) is 0 Å². The molecule has 0 aliphatic heterocycles. The Balaban J connectivity index is 2.10. The normalized spacial score (nSPS) is 13.2. The standard InChI is InChI=1S/C16H15ClF3N/c1-11(12-6-4-7-14(17)9-12)21-10-13-5-2-3-8-15(13)16(18,19)20/h2-9,11,21H,10H2,1H3/t11-/m0/s1. The van der Waals surface area contributed by atoms with Crippen LogP contribution in [0.1, 0.15) is 29.7 Å². The molecule has 0 heterocycles. The lowest BCUT2D eigenvalue weighted by atomic mass is 10.1. The first kappa shape index (κ1) is 15.9. The highest BCUT2D eigenvalue weighted by Crippen LogP contribution is 2.32. The second kappa shape index (κ2) is 6.50. The molecule has 0 unspecified atom stereocenters. The van der Waals surface area contributed by atoms with E-state index in [-0.39, 0.29) is 18.2 Å². The molecule has 5 heteroatoms. The number of hydrogen-bond acceptors (Lipinski definition) is 1. The number of halogens is 4. The summed E-state index contributed by atoms with van der Waals surface area (Å²) in [7, 11) is 0. The van der Waals surface area contributed by atoms with E-state index >= 15 is 0 Å². The van der Waals surface area contributed by atoms with Crippen LogP contribution in [-0.2, 0) is 12.7 Å². The fourth-order valence-electron chi connectivity index (χ4n) is 2.11. The lowest BCUT2D eigenvalue weighted by molar-refractivity contribution is -0.138. The van der Waals surface area contributed by atoms with Crippen molar-refractivity contribution >= 4 is 11.6 Å². The molecule has 1 atom stereocenters. The summed E-state index contributed by atoms with van der Waals surface area (Å²) in [5.41, 5.74) is 0.571. The van der Waals surface area contributed by atoms with E-state index in [9.17, 15) is 13.2 Å². The van der Waals surface area contributed by atoms with Gasteiger partial charge in [-0.3, -0.25) is 0 Å². The molecule has 0 aliphatic rings. The summed E-state index contributed by atoms with van der Waals surface area (Å²) in [6.07, 6.45) is -4.34. The zero-order chi connectivity index (χ0) is 15.5. The highest BCUT2D eigenvalue weighted by molar-refractivity contribution is 6.30. The molecule has 2 aromatic carbocycles. The summed E-state index contributed by atoms with van der Waals surface area (Å²) in [5.74, 6) is 0. The highest BCUT2D eigenvalue weighted by Gasteiger charge is 2.32. The Bertz CT molecular complexity index is 610. The number of rotatable bonds is 4. The molecule has 0 radical (unpaired) electrons. The van der Waals surface area contributed by atoms with Crippen molar-refractivity contribution in [3.05, 3.63) is 70.2 Å². The maximum atomic E-state index is 12.9. The topological polar surface area (TPSA) is 12.0 Å². The zero-order valence-corrected chi connectivity index (χ0v) is 12.2. The van der Waals surface area contributed by atoms with Gasteiger partial charge in [0.05, 0.1) is 5.56 Å². The molecule has 1 N–H and O–H groups in total. The van der Waals surface area contributed by atoms with Crippen molar-refractivity contribution in [3.8, 4) is 0 Å². The molecular formula is C16H15ClF3N. The highest BCUT2D eigenvalue weighted by atomic mass is 35.5. The third-order valence-corrected chi connectivity index (χ3v) is 3.51. The lowest BCUT2D eigenvalue weighted by Crippen LogP contribution is -2.20. The second-order valence-electron chi connectivity index (χ2n) is 4.81. The van der Waals surface area contributed by atoms with E-state index in [0.29, 0.717) is 5.02 Å². The first-order valence-electron chi connectivity index (χ1n) is 6.52. The van der Waals surface area contributed by atoms with Crippen LogP contribution in [-0.4, -0.2) is 0 Å². The summed E-state index contributed by atoms with van der Waals surface area (Å²) in [5, 5.41) is 3.70. The average Bonchev–Trinajstić information content (AvgIpc) is 2.44. The second-order valence-corrected chi connectivity index (χ2v) is 5.25. The quantitative estimate of drug-likeness (QED) is 0.817. The van der Waals surface area contributed by atoms with Crippen molar-refractivity contribution in [2.24, 2.45) is 0 Å². The van der Waals surface area contributed by atoms with Gasteiger partial charge in [-0.25, -0.2) is 0 Å². The van der Waals surface area contributed by atoms with Gasteiger partial charge >= 0.3 is 6.18 Å². The van der Waals surface area contributed by atoms with Crippen LogP contribution in [0.25, 0.3) is 0 Å². The Labute approximate surface area is 126 Å². The Morgan fingerprint density at radius 1 is 1.10 bits per heavy atom. The molecule has 0 aliphatic carbocycles. The molecule has 0 amide bonds. The van der Waals surface area contributed by atoms with Gasteiger partial charge in [0.25, 0.3) is 0 Å². The lowest BCUT2D eigenvalue weighted by Gasteiger charge is -2.17. The molecule has 0 bridgehead atoms. The van der Waals surface area contributed by atoms with Gasteiger partial charge in [-0.1, -0.05) is 41.9 Å². The SMILES string of the molecule is C[C@H](NCc1ccccc1C(F)(F)F)c1cccc(Cl)c1. The fourth-order valence-corrected chi connectivity index (χ4v) is 2.31. The molecule has 0 fully saturated rings. The van der Waals surface area contributed by atoms with E-state index < -0.39 is 11.7 Å². The third-order valence-electron chi connectivity index (χ3n) is 3.27. The third kappa shape index (κ3) is 4.22. The molecule has 2 rings (SSSR count). The minimum absolute atomic E-state index is 0.0926. The monoisotopic (exact) mass is 313 g/mol. The molecule has 0 saturated carbocycles. The van der Waals surface area contributed by atoms with Gasteiger partial charge in [-0.15, -0.1) is 0 Å². The van der Waals surface area contributed by atoms with E-state index in [2.05, 4.69) is 5.32 Å². The molecule has 112 valence electrons. The van der Waals surface area contributed by atoms with Crippen LogP contribution in [0.15, 0.2) is 48.5 Å². The van der Waals surface area contributed by atoms with Crippen molar-refractivity contribution in [2.75, 3.05) is 0 Å². The van der Waals surface area contributed by atoms with Crippen molar-refractivity contribution < 1.29 is 13.2 Å². The number of benzene rings is 2. The molecule has 21 heavy (non-hydrogen) atoms. The van der Waals surface area contributed by atoms with Crippen molar-refractivity contribution in [1.82, 2.24) is 5.32 Å². The predicted octanol–water partition coefficient (Wildman–Crippen LogP) is 5.21. The van der Waals surface area contributed by atoms with E-state index in [0.717, 1.165) is 11.6 Å². The summed E-state index contributed by atoms with van der Waals surface area (Å²) in [6.45, 7) is 2.03. The Hall–Kier alpha value is -1.52. The molecule has 2 aromatic rings.